The van der Waals surface area contributed by atoms with E-state index in [1.165, 1.54) is 17.3 Å². The Morgan fingerprint density at radius 2 is 2.20 bits per heavy atom. The van der Waals surface area contributed by atoms with E-state index in [4.69, 9.17) is 9.47 Å². The Morgan fingerprint density at radius 1 is 1.45 bits per heavy atom. The lowest BCUT2D eigenvalue weighted by atomic mass is 10.1. The highest BCUT2D eigenvalue weighted by atomic mass is 32.2. The van der Waals surface area contributed by atoms with Crippen molar-refractivity contribution in [2.45, 2.75) is 25.6 Å². The van der Waals surface area contributed by atoms with Gasteiger partial charge in [-0.3, -0.25) is 4.79 Å². The lowest BCUT2D eigenvalue weighted by Crippen LogP contribution is -2.12. The molecule has 0 fully saturated rings. The van der Waals surface area contributed by atoms with Gasteiger partial charge in [-0.2, -0.15) is 0 Å². The Bertz CT molecular complexity index is 437. The molecule has 0 aliphatic carbocycles. The van der Waals surface area contributed by atoms with Crippen LogP contribution in [0, 0.1) is 0 Å². The van der Waals surface area contributed by atoms with Crippen molar-refractivity contribution in [1.82, 2.24) is 5.32 Å². The molecule has 0 saturated carbocycles. The number of carbonyl (C=O) groups is 1. The van der Waals surface area contributed by atoms with Crippen LogP contribution >= 0.6 is 11.8 Å². The quantitative estimate of drug-likeness (QED) is 0.748. The molecule has 1 unspecified atom stereocenters. The third-order valence-electron chi connectivity index (χ3n) is 3.02. The molecule has 112 valence electrons. The molecule has 5 heteroatoms. The van der Waals surface area contributed by atoms with Gasteiger partial charge in [0.25, 0.3) is 0 Å². The lowest BCUT2D eigenvalue weighted by Gasteiger charge is -2.14. The summed E-state index contributed by atoms with van der Waals surface area (Å²) in [6, 6.07) is 6.44. The Hall–Kier alpha value is -1.20. The fourth-order valence-corrected chi connectivity index (χ4v) is 2.59. The number of rotatable bonds is 8. The standard InChI is InChI=1S/C15H23NO3S/c1-5-19-15(17)10-20-9-13-8-12(11(2)16-3)6-7-14(13)18-4/h6-8,11,16H,5,9-10H2,1-4H3. The van der Waals surface area contributed by atoms with Gasteiger partial charge >= 0.3 is 5.97 Å². The maximum Gasteiger partial charge on any atom is 0.315 e. The molecule has 4 nitrogen and oxygen atoms in total. The second-order valence-corrected chi connectivity index (χ2v) is 5.37. The van der Waals surface area contributed by atoms with E-state index in [2.05, 4.69) is 24.4 Å². The molecule has 20 heavy (non-hydrogen) atoms. The van der Waals surface area contributed by atoms with Gasteiger partial charge in [0.2, 0.25) is 0 Å². The number of esters is 1. The molecule has 1 N–H and O–H groups in total. The van der Waals surface area contributed by atoms with Crippen molar-refractivity contribution in [1.29, 1.82) is 0 Å². The first-order valence-corrected chi connectivity index (χ1v) is 7.85. The first kappa shape index (κ1) is 16.9. The van der Waals surface area contributed by atoms with E-state index in [-0.39, 0.29) is 12.0 Å². The highest BCUT2D eigenvalue weighted by Crippen LogP contribution is 2.26. The predicted octanol–water partition coefficient (Wildman–Crippen LogP) is 2.77. The van der Waals surface area contributed by atoms with Crippen molar-refractivity contribution in [3.8, 4) is 5.75 Å². The molecule has 0 aliphatic rings. The zero-order chi connectivity index (χ0) is 15.0. The van der Waals surface area contributed by atoms with Gasteiger partial charge in [0.1, 0.15) is 5.75 Å². The molecule has 1 atom stereocenters. The first-order valence-electron chi connectivity index (χ1n) is 6.69. The van der Waals surface area contributed by atoms with Gasteiger partial charge in [-0.1, -0.05) is 6.07 Å². The fraction of sp³-hybridized carbons (Fsp3) is 0.533. The summed E-state index contributed by atoms with van der Waals surface area (Å²) in [6.45, 7) is 4.35. The van der Waals surface area contributed by atoms with E-state index >= 15 is 0 Å². The average molecular weight is 297 g/mol. The molecule has 0 heterocycles. The largest absolute Gasteiger partial charge is 0.496 e. The fourth-order valence-electron chi connectivity index (χ4n) is 1.79. The summed E-state index contributed by atoms with van der Waals surface area (Å²) in [4.78, 5) is 11.3. The SMILES string of the molecule is CCOC(=O)CSCc1cc(C(C)NC)ccc1OC. The second-order valence-electron chi connectivity index (χ2n) is 4.38. The number of thioether (sulfide) groups is 1. The van der Waals surface area contributed by atoms with Crippen LogP contribution in [0.15, 0.2) is 18.2 Å². The third-order valence-corrected chi connectivity index (χ3v) is 3.98. The normalized spacial score (nSPS) is 12.0. The minimum Gasteiger partial charge on any atom is -0.496 e. The zero-order valence-corrected chi connectivity index (χ0v) is 13.4. The molecule has 0 radical (unpaired) electrons. The molecule has 1 aromatic rings. The van der Waals surface area contributed by atoms with Gasteiger partial charge in [0, 0.05) is 17.4 Å². The van der Waals surface area contributed by atoms with Gasteiger partial charge < -0.3 is 14.8 Å². The number of benzene rings is 1. The summed E-state index contributed by atoms with van der Waals surface area (Å²) in [5.41, 5.74) is 2.31. The van der Waals surface area contributed by atoms with Crippen molar-refractivity contribution in [2.24, 2.45) is 0 Å². The maximum atomic E-state index is 11.3. The van der Waals surface area contributed by atoms with E-state index < -0.39 is 0 Å². The van der Waals surface area contributed by atoms with Crippen molar-refractivity contribution in [3.63, 3.8) is 0 Å². The molecule has 0 aliphatic heterocycles. The molecule has 1 rings (SSSR count). The number of hydrogen-bond acceptors (Lipinski definition) is 5. The Morgan fingerprint density at radius 3 is 2.80 bits per heavy atom. The molecule has 0 saturated heterocycles. The van der Waals surface area contributed by atoms with Crippen LogP contribution < -0.4 is 10.1 Å². The van der Waals surface area contributed by atoms with E-state index in [9.17, 15) is 4.79 Å². The van der Waals surface area contributed by atoms with Crippen LogP contribution in [0.4, 0.5) is 0 Å². The second kappa shape index (κ2) is 8.87. The van der Waals surface area contributed by atoms with Gasteiger partial charge in [-0.25, -0.2) is 0 Å². The van der Waals surface area contributed by atoms with E-state index in [1.807, 2.05) is 20.0 Å². The Balaban J connectivity index is 2.68. The molecule has 0 aromatic heterocycles. The molecule has 0 amide bonds. The van der Waals surface area contributed by atoms with Crippen molar-refractivity contribution >= 4 is 17.7 Å². The summed E-state index contributed by atoms with van der Waals surface area (Å²) in [5, 5.41) is 3.22. The van der Waals surface area contributed by atoms with Crippen molar-refractivity contribution < 1.29 is 14.3 Å². The highest BCUT2D eigenvalue weighted by molar-refractivity contribution is 7.99. The molecular formula is C15H23NO3S. The predicted molar refractivity (Wildman–Crippen MR) is 83.3 cm³/mol. The first-order chi connectivity index (χ1) is 9.62. The van der Waals surface area contributed by atoms with Gasteiger partial charge in [-0.05, 0) is 38.6 Å². The summed E-state index contributed by atoms with van der Waals surface area (Å²) >= 11 is 1.54. The van der Waals surface area contributed by atoms with E-state index in [1.54, 1.807) is 7.11 Å². The molecule has 1 aromatic carbocycles. The minimum absolute atomic E-state index is 0.170. The van der Waals surface area contributed by atoms with Gasteiger partial charge in [0.05, 0.1) is 19.5 Å². The minimum atomic E-state index is -0.170. The summed E-state index contributed by atoms with van der Waals surface area (Å²) < 4.78 is 10.3. The number of ether oxygens (including phenoxy) is 2. The van der Waals surface area contributed by atoms with Crippen LogP contribution in [0.3, 0.4) is 0 Å². The van der Waals surface area contributed by atoms with Crippen LogP contribution in [0.1, 0.15) is 31.0 Å². The molecule has 0 spiro atoms. The summed E-state index contributed by atoms with van der Waals surface area (Å²) in [5.74, 6) is 1.78. The van der Waals surface area contributed by atoms with Crippen LogP contribution in [0.25, 0.3) is 0 Å². The number of methoxy groups -OCH3 is 1. The van der Waals surface area contributed by atoms with Crippen LogP contribution in [0.5, 0.6) is 5.75 Å². The summed E-state index contributed by atoms with van der Waals surface area (Å²) in [7, 11) is 3.60. The van der Waals surface area contributed by atoms with Crippen molar-refractivity contribution in [2.75, 3.05) is 26.5 Å². The monoisotopic (exact) mass is 297 g/mol. The Labute approximate surface area is 125 Å². The number of hydrogen-bond donors (Lipinski definition) is 1. The molecule has 0 bridgehead atoms. The van der Waals surface area contributed by atoms with Crippen LogP contribution in [0.2, 0.25) is 0 Å². The third kappa shape index (κ3) is 5.06. The van der Waals surface area contributed by atoms with Gasteiger partial charge in [-0.15, -0.1) is 11.8 Å². The Kier molecular flexibility index (Phi) is 7.47. The molecular weight excluding hydrogens is 274 g/mol. The maximum absolute atomic E-state index is 11.3. The highest BCUT2D eigenvalue weighted by Gasteiger charge is 2.10. The lowest BCUT2D eigenvalue weighted by molar-refractivity contribution is -0.139. The van der Waals surface area contributed by atoms with Gasteiger partial charge in [0.15, 0.2) is 0 Å². The zero-order valence-electron chi connectivity index (χ0n) is 12.6. The number of carbonyl (C=O) groups excluding carboxylic acids is 1. The van der Waals surface area contributed by atoms with Crippen molar-refractivity contribution in [3.05, 3.63) is 29.3 Å². The van der Waals surface area contributed by atoms with E-state index in [0.29, 0.717) is 12.4 Å². The van der Waals surface area contributed by atoms with Crippen LogP contribution in [-0.4, -0.2) is 32.5 Å². The smallest absolute Gasteiger partial charge is 0.315 e. The summed E-state index contributed by atoms with van der Waals surface area (Å²) in [6.07, 6.45) is 0. The van der Waals surface area contributed by atoms with E-state index in [0.717, 1.165) is 17.1 Å². The average Bonchev–Trinajstić information content (AvgIpc) is 2.46. The topological polar surface area (TPSA) is 47.6 Å². The van der Waals surface area contributed by atoms with Crippen LogP contribution in [-0.2, 0) is 15.3 Å². The number of nitrogens with one attached hydrogen (secondary N) is 1.